The standard InChI is InChI=1S/C49H78O2/c1-7-8-9-10-11-12-13-14-15-16-17-18-19-20-21-22-23-24-25-29-47(50)51-42-34-36-48(5)41(38-42)30-31-43-45-33-32-44(40(4)28-26-27-39(2)3)49(45,6)37-35-46(43)48/h11-12,14-15,17-18,20-21,23-24,30,39-40,42-46H,7-10,13,16,19,22,25-29,31-38H2,1-6H3/b12-11-,15-14-,18-17-,21-20-,24-23-/t40-,42+,43+,44?,45+,46+,48+,49-/m1/s1. The number of ether oxygens (including phenoxy) is 1. The molecule has 0 saturated heterocycles. The number of esters is 1. The molecular formula is C49H78O2. The van der Waals surface area contributed by atoms with E-state index in [4.69, 9.17) is 4.74 Å². The Morgan fingerprint density at radius 2 is 1.41 bits per heavy atom. The number of carbonyl (C=O) groups excluding carboxylic acids is 1. The third-order valence-electron chi connectivity index (χ3n) is 14.0. The van der Waals surface area contributed by atoms with Crippen LogP contribution in [0.2, 0.25) is 0 Å². The van der Waals surface area contributed by atoms with E-state index in [1.54, 1.807) is 5.57 Å². The van der Waals surface area contributed by atoms with Gasteiger partial charge in [0.15, 0.2) is 0 Å². The maximum absolute atomic E-state index is 12.8. The Morgan fingerprint density at radius 3 is 2.06 bits per heavy atom. The lowest BCUT2D eigenvalue weighted by molar-refractivity contribution is -0.151. The minimum absolute atomic E-state index is 0.0202. The number of allylic oxidation sites excluding steroid dienone is 11. The third-order valence-corrected chi connectivity index (χ3v) is 14.0. The molecule has 1 unspecified atom stereocenters. The van der Waals surface area contributed by atoms with Crippen LogP contribution in [0.1, 0.15) is 176 Å². The SMILES string of the molecule is CCCCC/C=C\C/C=C\C/C=C\C/C=C\C/C=C\CCC(=O)O[C@H]1CC[C@@]2(C)C(=CC[C@@H]3[C@@H]2CC[C@]2(C)C([C@H](C)CCCC(C)C)CC[C@@H]32)C1. The number of rotatable bonds is 21. The van der Waals surface area contributed by atoms with Gasteiger partial charge in [-0.3, -0.25) is 4.79 Å². The molecule has 2 nitrogen and oxygen atoms in total. The van der Waals surface area contributed by atoms with Crippen molar-refractivity contribution in [2.24, 2.45) is 46.3 Å². The predicted molar refractivity (Wildman–Crippen MR) is 220 cm³/mol. The molecule has 4 rings (SSSR count). The Balaban J connectivity index is 1.11. The van der Waals surface area contributed by atoms with Crippen LogP contribution in [0, 0.1) is 46.3 Å². The molecule has 286 valence electrons. The Bertz CT molecular complexity index is 1210. The second kappa shape index (κ2) is 21.6. The molecule has 0 aromatic carbocycles. The van der Waals surface area contributed by atoms with E-state index in [0.717, 1.165) is 80.5 Å². The van der Waals surface area contributed by atoms with Gasteiger partial charge in [0, 0.05) is 12.8 Å². The van der Waals surface area contributed by atoms with Gasteiger partial charge in [0.25, 0.3) is 0 Å². The molecule has 0 spiro atoms. The highest BCUT2D eigenvalue weighted by Crippen LogP contribution is 2.67. The fourth-order valence-corrected chi connectivity index (χ4v) is 11.0. The van der Waals surface area contributed by atoms with Crippen LogP contribution in [0.15, 0.2) is 72.4 Å². The number of fused-ring (bicyclic) bond motifs is 5. The zero-order valence-electron chi connectivity index (χ0n) is 34.1. The quantitative estimate of drug-likeness (QED) is 0.0677. The van der Waals surface area contributed by atoms with Crippen LogP contribution in [-0.2, 0) is 9.53 Å². The number of unbranched alkanes of at least 4 members (excludes halogenated alkanes) is 3. The van der Waals surface area contributed by atoms with Gasteiger partial charge in [-0.25, -0.2) is 0 Å². The van der Waals surface area contributed by atoms with Gasteiger partial charge in [-0.2, -0.15) is 0 Å². The lowest BCUT2D eigenvalue weighted by atomic mass is 9.47. The smallest absolute Gasteiger partial charge is 0.306 e. The van der Waals surface area contributed by atoms with Crippen LogP contribution < -0.4 is 0 Å². The highest BCUT2D eigenvalue weighted by molar-refractivity contribution is 5.69. The molecule has 0 aromatic heterocycles. The van der Waals surface area contributed by atoms with Gasteiger partial charge in [-0.1, -0.05) is 146 Å². The molecule has 0 aromatic rings. The van der Waals surface area contributed by atoms with Crippen molar-refractivity contribution in [1.29, 1.82) is 0 Å². The number of hydrogen-bond acceptors (Lipinski definition) is 2. The summed E-state index contributed by atoms with van der Waals surface area (Å²) in [5, 5.41) is 0. The second-order valence-electron chi connectivity index (χ2n) is 18.0. The van der Waals surface area contributed by atoms with Crippen molar-refractivity contribution in [2.45, 2.75) is 182 Å². The highest BCUT2D eigenvalue weighted by atomic mass is 16.5. The van der Waals surface area contributed by atoms with Crippen LogP contribution in [-0.4, -0.2) is 12.1 Å². The molecule has 0 heterocycles. The minimum atomic E-state index is -0.0202. The first-order valence-corrected chi connectivity index (χ1v) is 21.8. The van der Waals surface area contributed by atoms with Crippen molar-refractivity contribution in [2.75, 3.05) is 0 Å². The van der Waals surface area contributed by atoms with E-state index in [-0.39, 0.29) is 12.1 Å². The maximum Gasteiger partial charge on any atom is 0.306 e. The topological polar surface area (TPSA) is 26.3 Å². The fraction of sp³-hybridized carbons (Fsp3) is 0.735. The number of hydrogen-bond donors (Lipinski definition) is 0. The maximum atomic E-state index is 12.8. The van der Waals surface area contributed by atoms with Gasteiger partial charge in [-0.15, -0.1) is 0 Å². The zero-order chi connectivity index (χ0) is 36.5. The van der Waals surface area contributed by atoms with Crippen molar-refractivity contribution in [3.8, 4) is 0 Å². The summed E-state index contributed by atoms with van der Waals surface area (Å²) in [6.07, 6.45) is 49.8. The number of carbonyl (C=O) groups is 1. The Morgan fingerprint density at radius 1 is 0.765 bits per heavy atom. The van der Waals surface area contributed by atoms with E-state index in [2.05, 4.69) is 108 Å². The molecule has 0 radical (unpaired) electrons. The van der Waals surface area contributed by atoms with Crippen molar-refractivity contribution < 1.29 is 9.53 Å². The molecule has 4 aliphatic rings. The first-order valence-electron chi connectivity index (χ1n) is 21.8. The molecule has 0 aliphatic heterocycles. The van der Waals surface area contributed by atoms with Crippen molar-refractivity contribution in [3.05, 3.63) is 72.4 Å². The Labute approximate surface area is 315 Å². The summed E-state index contributed by atoms with van der Waals surface area (Å²) in [6, 6.07) is 0. The molecule has 51 heavy (non-hydrogen) atoms. The summed E-state index contributed by atoms with van der Waals surface area (Å²) in [5.41, 5.74) is 2.46. The summed E-state index contributed by atoms with van der Waals surface area (Å²) >= 11 is 0. The monoisotopic (exact) mass is 699 g/mol. The summed E-state index contributed by atoms with van der Waals surface area (Å²) < 4.78 is 6.09. The Hall–Kier alpha value is -2.09. The third kappa shape index (κ3) is 12.2. The summed E-state index contributed by atoms with van der Waals surface area (Å²) in [7, 11) is 0. The van der Waals surface area contributed by atoms with Crippen LogP contribution in [0.3, 0.4) is 0 Å². The first-order chi connectivity index (χ1) is 24.7. The van der Waals surface area contributed by atoms with E-state index < -0.39 is 0 Å². The van der Waals surface area contributed by atoms with Crippen LogP contribution in [0.4, 0.5) is 0 Å². The van der Waals surface area contributed by atoms with Crippen LogP contribution >= 0.6 is 0 Å². The molecule has 4 aliphatic carbocycles. The minimum Gasteiger partial charge on any atom is -0.462 e. The molecule has 0 amide bonds. The highest BCUT2D eigenvalue weighted by Gasteiger charge is 2.59. The van der Waals surface area contributed by atoms with Crippen LogP contribution in [0.5, 0.6) is 0 Å². The molecular weight excluding hydrogens is 621 g/mol. The van der Waals surface area contributed by atoms with Crippen molar-refractivity contribution in [1.82, 2.24) is 0 Å². The molecule has 0 N–H and O–H groups in total. The van der Waals surface area contributed by atoms with E-state index >= 15 is 0 Å². The van der Waals surface area contributed by atoms with Gasteiger partial charge in [0.05, 0.1) is 0 Å². The van der Waals surface area contributed by atoms with Gasteiger partial charge in [0.2, 0.25) is 0 Å². The lowest BCUT2D eigenvalue weighted by Crippen LogP contribution is -2.51. The average Bonchev–Trinajstić information content (AvgIpc) is 3.46. The normalized spacial score (nSPS) is 31.6. The van der Waals surface area contributed by atoms with Crippen LogP contribution in [0.25, 0.3) is 0 Å². The van der Waals surface area contributed by atoms with Gasteiger partial charge >= 0.3 is 5.97 Å². The molecule has 3 saturated carbocycles. The van der Waals surface area contributed by atoms with Gasteiger partial charge < -0.3 is 4.74 Å². The van der Waals surface area contributed by atoms with Gasteiger partial charge in [0.1, 0.15) is 6.10 Å². The first kappa shape index (κ1) is 41.7. The van der Waals surface area contributed by atoms with E-state index in [0.29, 0.717) is 17.3 Å². The van der Waals surface area contributed by atoms with Gasteiger partial charge in [-0.05, 0) is 136 Å². The molecule has 2 heteroatoms. The largest absolute Gasteiger partial charge is 0.462 e. The molecule has 0 bridgehead atoms. The van der Waals surface area contributed by atoms with E-state index in [1.165, 1.54) is 83.5 Å². The Kier molecular flexibility index (Phi) is 17.6. The van der Waals surface area contributed by atoms with E-state index in [9.17, 15) is 4.79 Å². The summed E-state index contributed by atoms with van der Waals surface area (Å²) in [5.74, 6) is 5.16. The summed E-state index contributed by atoms with van der Waals surface area (Å²) in [4.78, 5) is 12.8. The van der Waals surface area contributed by atoms with E-state index in [1.807, 2.05) is 0 Å². The second-order valence-corrected chi connectivity index (χ2v) is 18.0. The summed E-state index contributed by atoms with van der Waals surface area (Å²) in [6.45, 7) is 14.9. The zero-order valence-corrected chi connectivity index (χ0v) is 34.1. The molecule has 8 atom stereocenters. The fourth-order valence-electron chi connectivity index (χ4n) is 11.0. The molecule has 3 fully saturated rings. The predicted octanol–water partition coefficient (Wildman–Crippen LogP) is 14.6. The van der Waals surface area contributed by atoms with Crippen molar-refractivity contribution >= 4 is 5.97 Å². The lowest BCUT2D eigenvalue weighted by Gasteiger charge is -2.58. The average molecular weight is 699 g/mol. The van der Waals surface area contributed by atoms with Crippen molar-refractivity contribution in [3.63, 3.8) is 0 Å².